The van der Waals surface area contributed by atoms with Crippen LogP contribution in [0, 0.1) is 5.92 Å². The first-order chi connectivity index (χ1) is 9.65. The van der Waals surface area contributed by atoms with E-state index in [9.17, 15) is 9.59 Å². The Labute approximate surface area is 115 Å². The first-order valence-electron chi connectivity index (χ1n) is 6.69. The minimum atomic E-state index is -0.993. The maximum Gasteiger partial charge on any atom is 0.335 e. The number of hydrogen-bond donors (Lipinski definition) is 2. The van der Waals surface area contributed by atoms with Crippen LogP contribution in [0.15, 0.2) is 23.0 Å². The highest BCUT2D eigenvalue weighted by Gasteiger charge is 2.18. The zero-order valence-electron chi connectivity index (χ0n) is 11.0. The number of aromatic amines is 1. The lowest BCUT2D eigenvalue weighted by molar-refractivity contribution is 0.0484. The second kappa shape index (κ2) is 5.13. The number of imidazole rings is 1. The van der Waals surface area contributed by atoms with E-state index in [4.69, 9.17) is 9.84 Å². The number of rotatable bonds is 3. The van der Waals surface area contributed by atoms with Gasteiger partial charge in [0.25, 0.3) is 0 Å². The van der Waals surface area contributed by atoms with Gasteiger partial charge < -0.3 is 14.8 Å². The van der Waals surface area contributed by atoms with Crippen molar-refractivity contribution in [2.24, 2.45) is 5.92 Å². The summed E-state index contributed by atoms with van der Waals surface area (Å²) < 4.78 is 7.04. The van der Waals surface area contributed by atoms with Crippen LogP contribution in [0.4, 0.5) is 0 Å². The van der Waals surface area contributed by atoms with Crippen LogP contribution in [0.5, 0.6) is 0 Å². The van der Waals surface area contributed by atoms with Crippen molar-refractivity contribution >= 4 is 17.0 Å². The van der Waals surface area contributed by atoms with Gasteiger partial charge in [-0.15, -0.1) is 0 Å². The van der Waals surface area contributed by atoms with Gasteiger partial charge in [0.2, 0.25) is 0 Å². The maximum atomic E-state index is 12.0. The molecule has 20 heavy (non-hydrogen) atoms. The summed E-state index contributed by atoms with van der Waals surface area (Å²) in [6.07, 6.45) is 2.03. The van der Waals surface area contributed by atoms with Gasteiger partial charge in [0.05, 0.1) is 23.2 Å². The fourth-order valence-corrected chi connectivity index (χ4v) is 2.68. The van der Waals surface area contributed by atoms with E-state index in [0.717, 1.165) is 19.4 Å². The van der Waals surface area contributed by atoms with Crippen LogP contribution in [-0.2, 0) is 11.3 Å². The Morgan fingerprint density at radius 3 is 3.05 bits per heavy atom. The van der Waals surface area contributed by atoms with Crippen molar-refractivity contribution in [2.45, 2.75) is 19.4 Å². The summed E-state index contributed by atoms with van der Waals surface area (Å²) in [4.78, 5) is 25.8. The number of carboxylic acids is 1. The van der Waals surface area contributed by atoms with E-state index in [0.29, 0.717) is 30.1 Å². The number of aromatic carboxylic acids is 1. The Morgan fingerprint density at radius 2 is 2.35 bits per heavy atom. The van der Waals surface area contributed by atoms with Crippen LogP contribution < -0.4 is 5.69 Å². The number of hydrogen-bond acceptors (Lipinski definition) is 3. The third kappa shape index (κ3) is 2.34. The molecular formula is C14H16N2O4. The predicted octanol–water partition coefficient (Wildman–Crippen LogP) is 1.45. The summed E-state index contributed by atoms with van der Waals surface area (Å²) in [6.45, 7) is 1.99. The Kier molecular flexibility index (Phi) is 3.31. The molecule has 106 valence electrons. The number of carboxylic acid groups (broad SMARTS) is 1. The third-order valence-corrected chi connectivity index (χ3v) is 3.72. The molecule has 0 bridgehead atoms. The number of benzene rings is 1. The van der Waals surface area contributed by atoms with E-state index >= 15 is 0 Å². The smallest absolute Gasteiger partial charge is 0.335 e. The molecule has 1 atom stereocenters. The highest BCUT2D eigenvalue weighted by Crippen LogP contribution is 2.19. The minimum Gasteiger partial charge on any atom is -0.478 e. The van der Waals surface area contributed by atoms with E-state index in [1.807, 2.05) is 0 Å². The molecular weight excluding hydrogens is 260 g/mol. The molecule has 0 amide bonds. The van der Waals surface area contributed by atoms with Crippen LogP contribution in [-0.4, -0.2) is 33.8 Å². The van der Waals surface area contributed by atoms with Gasteiger partial charge in [-0.2, -0.15) is 0 Å². The van der Waals surface area contributed by atoms with Crippen LogP contribution in [0.25, 0.3) is 11.0 Å². The molecule has 0 spiro atoms. The van der Waals surface area contributed by atoms with Gasteiger partial charge in [0, 0.05) is 19.1 Å². The molecule has 6 heteroatoms. The highest BCUT2D eigenvalue weighted by molar-refractivity contribution is 5.92. The number of carbonyl (C=O) groups is 1. The number of nitrogens with zero attached hydrogens (tertiary/aromatic N) is 1. The summed E-state index contributed by atoms with van der Waals surface area (Å²) in [5.74, 6) is -0.693. The van der Waals surface area contributed by atoms with E-state index < -0.39 is 5.97 Å². The lowest BCUT2D eigenvalue weighted by Gasteiger charge is -2.22. The molecule has 1 aromatic carbocycles. The molecule has 0 radical (unpaired) electrons. The molecule has 3 rings (SSSR count). The Hall–Kier alpha value is -2.08. The van der Waals surface area contributed by atoms with Crippen LogP contribution >= 0.6 is 0 Å². The summed E-state index contributed by atoms with van der Waals surface area (Å²) in [5.41, 5.74) is 1.29. The maximum absolute atomic E-state index is 12.0. The molecule has 2 N–H and O–H groups in total. The molecule has 1 unspecified atom stereocenters. The van der Waals surface area contributed by atoms with E-state index in [2.05, 4.69) is 4.98 Å². The Balaban J connectivity index is 1.99. The second-order valence-electron chi connectivity index (χ2n) is 5.16. The quantitative estimate of drug-likeness (QED) is 0.888. The fourth-order valence-electron chi connectivity index (χ4n) is 2.68. The van der Waals surface area contributed by atoms with Crippen molar-refractivity contribution < 1.29 is 14.6 Å². The van der Waals surface area contributed by atoms with Gasteiger partial charge in [0.1, 0.15) is 0 Å². The van der Waals surface area contributed by atoms with Gasteiger partial charge in [-0.25, -0.2) is 9.59 Å². The number of ether oxygens (including phenoxy) is 1. The monoisotopic (exact) mass is 276 g/mol. The molecule has 2 heterocycles. The molecule has 1 fully saturated rings. The van der Waals surface area contributed by atoms with Gasteiger partial charge in [-0.05, 0) is 31.0 Å². The lowest BCUT2D eigenvalue weighted by atomic mass is 10.0. The van der Waals surface area contributed by atoms with Crippen molar-refractivity contribution in [1.82, 2.24) is 9.55 Å². The molecule has 1 aromatic heterocycles. The number of aromatic nitrogens is 2. The Morgan fingerprint density at radius 1 is 1.50 bits per heavy atom. The van der Waals surface area contributed by atoms with Crippen molar-refractivity contribution in [2.75, 3.05) is 13.2 Å². The number of nitrogens with one attached hydrogen (secondary N) is 1. The zero-order chi connectivity index (χ0) is 14.1. The standard InChI is InChI=1S/C14H16N2O4/c17-13(18)10-3-4-11-12(6-10)16(14(19)15-11)7-9-2-1-5-20-8-9/h3-4,6,9H,1-2,5,7-8H2,(H,15,19)(H,17,18). The fraction of sp³-hybridized carbons (Fsp3) is 0.429. The number of fused-ring (bicyclic) bond motifs is 1. The van der Waals surface area contributed by atoms with E-state index in [1.54, 1.807) is 16.7 Å². The van der Waals surface area contributed by atoms with Gasteiger partial charge >= 0.3 is 11.7 Å². The molecule has 0 aliphatic carbocycles. The van der Waals surface area contributed by atoms with Gasteiger partial charge in [0.15, 0.2) is 0 Å². The Bertz CT molecular complexity index is 695. The molecule has 6 nitrogen and oxygen atoms in total. The van der Waals surface area contributed by atoms with Crippen LogP contribution in [0.3, 0.4) is 0 Å². The molecule has 0 saturated carbocycles. The molecule has 2 aromatic rings. The van der Waals surface area contributed by atoms with Gasteiger partial charge in [-0.3, -0.25) is 4.57 Å². The van der Waals surface area contributed by atoms with E-state index in [-0.39, 0.29) is 11.3 Å². The first kappa shape index (κ1) is 12.9. The summed E-state index contributed by atoms with van der Waals surface area (Å²) in [6, 6.07) is 4.67. The molecule has 1 aliphatic rings. The second-order valence-corrected chi connectivity index (χ2v) is 5.16. The van der Waals surface area contributed by atoms with E-state index in [1.165, 1.54) is 6.07 Å². The zero-order valence-corrected chi connectivity index (χ0v) is 11.0. The van der Waals surface area contributed by atoms with Crippen molar-refractivity contribution in [3.63, 3.8) is 0 Å². The van der Waals surface area contributed by atoms with Crippen molar-refractivity contribution in [1.29, 1.82) is 0 Å². The highest BCUT2D eigenvalue weighted by atomic mass is 16.5. The van der Waals surface area contributed by atoms with Crippen molar-refractivity contribution in [3.05, 3.63) is 34.2 Å². The third-order valence-electron chi connectivity index (χ3n) is 3.72. The predicted molar refractivity (Wildman–Crippen MR) is 73.1 cm³/mol. The average Bonchev–Trinajstić information content (AvgIpc) is 2.75. The van der Waals surface area contributed by atoms with Gasteiger partial charge in [-0.1, -0.05) is 0 Å². The first-order valence-corrected chi connectivity index (χ1v) is 6.69. The molecule has 1 saturated heterocycles. The van der Waals surface area contributed by atoms with Crippen molar-refractivity contribution in [3.8, 4) is 0 Å². The summed E-state index contributed by atoms with van der Waals surface area (Å²) in [7, 11) is 0. The molecule has 1 aliphatic heterocycles. The average molecular weight is 276 g/mol. The minimum absolute atomic E-state index is 0.185. The summed E-state index contributed by atoms with van der Waals surface area (Å²) >= 11 is 0. The topological polar surface area (TPSA) is 84.3 Å². The van der Waals surface area contributed by atoms with Crippen LogP contribution in [0.1, 0.15) is 23.2 Å². The SMILES string of the molecule is O=C(O)c1ccc2[nH]c(=O)n(CC3CCCOC3)c2c1. The number of H-pyrrole nitrogens is 1. The van der Waals surface area contributed by atoms with Crippen LogP contribution in [0.2, 0.25) is 0 Å². The lowest BCUT2D eigenvalue weighted by Crippen LogP contribution is -2.27. The largest absolute Gasteiger partial charge is 0.478 e. The summed E-state index contributed by atoms with van der Waals surface area (Å²) in [5, 5.41) is 9.05. The normalized spacial score (nSPS) is 19.3.